The zero-order valence-corrected chi connectivity index (χ0v) is 14.9. The Hall–Kier alpha value is -2.17. The summed E-state index contributed by atoms with van der Waals surface area (Å²) >= 11 is 12.2. The van der Waals surface area contributed by atoms with Crippen LogP contribution in [-0.2, 0) is 0 Å². The van der Waals surface area contributed by atoms with E-state index < -0.39 is 0 Å². The number of rotatable bonds is 6. The van der Waals surface area contributed by atoms with Gasteiger partial charge in [-0.05, 0) is 36.4 Å². The Morgan fingerprint density at radius 3 is 1.96 bits per heavy atom. The van der Waals surface area contributed by atoms with Crippen molar-refractivity contribution in [1.29, 1.82) is 0 Å². The Morgan fingerprint density at radius 2 is 1.50 bits per heavy atom. The summed E-state index contributed by atoms with van der Waals surface area (Å²) in [7, 11) is 4.48. The zero-order chi connectivity index (χ0) is 17.7. The minimum Gasteiger partial charge on any atom is -0.493 e. The van der Waals surface area contributed by atoms with Crippen molar-refractivity contribution >= 4 is 35.1 Å². The van der Waals surface area contributed by atoms with E-state index in [4.69, 9.17) is 37.4 Å². The van der Waals surface area contributed by atoms with Crippen molar-refractivity contribution in [3.05, 3.63) is 57.6 Å². The fourth-order valence-corrected chi connectivity index (χ4v) is 2.67. The van der Waals surface area contributed by atoms with Gasteiger partial charge in [0.05, 0.1) is 21.3 Å². The minimum atomic E-state index is -0.245. The number of carbonyl (C=O) groups excluding carboxylic acids is 1. The number of carbonyl (C=O) groups is 1. The highest BCUT2D eigenvalue weighted by Crippen LogP contribution is 2.38. The van der Waals surface area contributed by atoms with Crippen molar-refractivity contribution in [1.82, 2.24) is 0 Å². The van der Waals surface area contributed by atoms with Gasteiger partial charge in [0.15, 0.2) is 17.3 Å². The molecule has 0 radical (unpaired) electrons. The average molecular weight is 367 g/mol. The SMILES string of the molecule is COc1cc(C(=O)/C=C/c2c(Cl)cccc2Cl)cc(OC)c1OC. The lowest BCUT2D eigenvalue weighted by Gasteiger charge is -2.13. The van der Waals surface area contributed by atoms with Gasteiger partial charge in [0.2, 0.25) is 5.75 Å². The van der Waals surface area contributed by atoms with Crippen molar-refractivity contribution < 1.29 is 19.0 Å². The highest BCUT2D eigenvalue weighted by Gasteiger charge is 2.16. The van der Waals surface area contributed by atoms with E-state index in [9.17, 15) is 4.79 Å². The molecule has 0 amide bonds. The predicted octanol–water partition coefficient (Wildman–Crippen LogP) is 4.92. The van der Waals surface area contributed by atoms with Gasteiger partial charge in [-0.3, -0.25) is 4.79 Å². The third-order valence-electron chi connectivity index (χ3n) is 3.35. The molecule has 0 saturated heterocycles. The van der Waals surface area contributed by atoms with Gasteiger partial charge < -0.3 is 14.2 Å². The fourth-order valence-electron chi connectivity index (χ4n) is 2.15. The Kier molecular flexibility index (Phi) is 6.12. The van der Waals surface area contributed by atoms with Crippen LogP contribution in [0.2, 0.25) is 10.0 Å². The molecule has 0 aliphatic rings. The Balaban J connectivity index is 2.38. The minimum absolute atomic E-state index is 0.245. The maximum Gasteiger partial charge on any atom is 0.203 e. The molecule has 126 valence electrons. The first kappa shape index (κ1) is 18.2. The third-order valence-corrected chi connectivity index (χ3v) is 4.01. The lowest BCUT2D eigenvalue weighted by atomic mass is 10.1. The number of allylic oxidation sites excluding steroid dienone is 1. The van der Waals surface area contributed by atoms with E-state index in [1.54, 1.807) is 36.4 Å². The molecule has 0 spiro atoms. The van der Waals surface area contributed by atoms with Gasteiger partial charge in [0, 0.05) is 21.2 Å². The smallest absolute Gasteiger partial charge is 0.203 e. The van der Waals surface area contributed by atoms with Crippen LogP contribution in [0.3, 0.4) is 0 Å². The van der Waals surface area contributed by atoms with Gasteiger partial charge in [0.25, 0.3) is 0 Å². The molecule has 2 aromatic rings. The predicted molar refractivity (Wildman–Crippen MR) is 95.9 cm³/mol. The van der Waals surface area contributed by atoms with Crippen molar-refractivity contribution in [3.8, 4) is 17.2 Å². The van der Waals surface area contributed by atoms with Crippen molar-refractivity contribution in [2.24, 2.45) is 0 Å². The maximum atomic E-state index is 12.5. The van der Waals surface area contributed by atoms with Crippen molar-refractivity contribution in [2.45, 2.75) is 0 Å². The molecule has 2 rings (SSSR count). The molecule has 0 unspecified atom stereocenters. The standard InChI is InChI=1S/C18H16Cl2O4/c1-22-16-9-11(10-17(23-2)18(16)24-3)15(21)8-7-12-13(19)5-4-6-14(12)20/h4-10H,1-3H3/b8-7+. The molecule has 0 atom stereocenters. The van der Waals surface area contributed by atoms with Crippen LogP contribution in [0, 0.1) is 0 Å². The van der Waals surface area contributed by atoms with Crippen molar-refractivity contribution in [3.63, 3.8) is 0 Å². The molecule has 0 aliphatic carbocycles. The van der Waals surface area contributed by atoms with Gasteiger partial charge >= 0.3 is 0 Å². The second kappa shape index (κ2) is 8.08. The summed E-state index contributed by atoms with van der Waals surface area (Å²) in [6.45, 7) is 0. The highest BCUT2D eigenvalue weighted by atomic mass is 35.5. The number of methoxy groups -OCH3 is 3. The first-order valence-corrected chi connectivity index (χ1v) is 7.73. The molecule has 0 aromatic heterocycles. The first-order valence-electron chi connectivity index (χ1n) is 6.98. The molecule has 0 fully saturated rings. The van der Waals surface area contributed by atoms with E-state index >= 15 is 0 Å². The second-order valence-corrected chi connectivity index (χ2v) is 5.56. The summed E-state index contributed by atoms with van der Waals surface area (Å²) in [5, 5.41) is 0.938. The van der Waals surface area contributed by atoms with Gasteiger partial charge in [-0.25, -0.2) is 0 Å². The molecule has 24 heavy (non-hydrogen) atoms. The van der Waals surface area contributed by atoms with E-state index in [-0.39, 0.29) is 5.78 Å². The van der Waals surface area contributed by atoms with Crippen LogP contribution in [0.25, 0.3) is 6.08 Å². The molecule has 6 heteroatoms. The summed E-state index contributed by atoms with van der Waals surface area (Å²) in [6, 6.07) is 8.32. The van der Waals surface area contributed by atoms with Crippen LogP contribution >= 0.6 is 23.2 Å². The lowest BCUT2D eigenvalue weighted by molar-refractivity contribution is 0.104. The van der Waals surface area contributed by atoms with Gasteiger partial charge in [-0.15, -0.1) is 0 Å². The summed E-state index contributed by atoms with van der Waals surface area (Å²) in [5.74, 6) is 0.994. The fraction of sp³-hybridized carbons (Fsp3) is 0.167. The van der Waals surface area contributed by atoms with Gasteiger partial charge in [-0.1, -0.05) is 29.3 Å². The van der Waals surface area contributed by atoms with Gasteiger partial charge in [0.1, 0.15) is 0 Å². The first-order chi connectivity index (χ1) is 11.5. The zero-order valence-electron chi connectivity index (χ0n) is 13.4. The van der Waals surface area contributed by atoms with E-state index in [1.165, 1.54) is 27.4 Å². The number of hydrogen-bond donors (Lipinski definition) is 0. The van der Waals surface area contributed by atoms with Crippen LogP contribution in [0.4, 0.5) is 0 Å². The normalized spacial score (nSPS) is 10.7. The average Bonchev–Trinajstić information content (AvgIpc) is 2.59. The monoisotopic (exact) mass is 366 g/mol. The number of hydrogen-bond acceptors (Lipinski definition) is 4. The van der Waals surface area contributed by atoms with Crippen LogP contribution in [-0.4, -0.2) is 27.1 Å². The molecule has 0 heterocycles. The van der Waals surface area contributed by atoms with Crippen LogP contribution < -0.4 is 14.2 Å². The largest absolute Gasteiger partial charge is 0.493 e. The number of benzene rings is 2. The van der Waals surface area contributed by atoms with E-state index in [1.807, 2.05) is 0 Å². The lowest BCUT2D eigenvalue weighted by Crippen LogP contribution is -2.00. The summed E-state index contributed by atoms with van der Waals surface area (Å²) < 4.78 is 15.7. The molecule has 0 saturated carbocycles. The summed E-state index contributed by atoms with van der Waals surface area (Å²) in [4.78, 5) is 12.5. The topological polar surface area (TPSA) is 44.8 Å². The molecular weight excluding hydrogens is 351 g/mol. The van der Waals surface area contributed by atoms with Crippen molar-refractivity contribution in [2.75, 3.05) is 21.3 Å². The van der Waals surface area contributed by atoms with E-state index in [2.05, 4.69) is 0 Å². The Bertz CT molecular complexity index is 739. The Labute approximate surface area is 150 Å². The second-order valence-electron chi connectivity index (χ2n) is 4.75. The molecule has 0 N–H and O–H groups in total. The quantitative estimate of drug-likeness (QED) is 0.537. The number of ether oxygens (including phenoxy) is 3. The molecule has 2 aromatic carbocycles. The maximum absolute atomic E-state index is 12.5. The van der Waals surface area contributed by atoms with Crippen LogP contribution in [0.5, 0.6) is 17.2 Å². The van der Waals surface area contributed by atoms with Gasteiger partial charge in [-0.2, -0.15) is 0 Å². The molecule has 0 bridgehead atoms. The number of ketones is 1. The third kappa shape index (κ3) is 3.83. The molecule has 0 aliphatic heterocycles. The molecule has 4 nitrogen and oxygen atoms in total. The van der Waals surface area contributed by atoms with Crippen LogP contribution in [0.1, 0.15) is 15.9 Å². The highest BCUT2D eigenvalue weighted by molar-refractivity contribution is 6.37. The Morgan fingerprint density at radius 1 is 0.958 bits per heavy atom. The summed E-state index contributed by atoms with van der Waals surface area (Å²) in [6.07, 6.45) is 2.98. The molecular formula is C18H16Cl2O4. The van der Waals surface area contributed by atoms with E-state index in [0.717, 1.165) is 0 Å². The van der Waals surface area contributed by atoms with E-state index in [0.29, 0.717) is 38.4 Å². The number of halogens is 2. The summed E-state index contributed by atoms with van der Waals surface area (Å²) in [5.41, 5.74) is 0.977. The van der Waals surface area contributed by atoms with Crippen LogP contribution in [0.15, 0.2) is 36.4 Å².